The van der Waals surface area contributed by atoms with E-state index in [1.807, 2.05) is 0 Å². The second kappa shape index (κ2) is 26.5. The van der Waals surface area contributed by atoms with Crippen LogP contribution in [0.3, 0.4) is 0 Å². The molecule has 0 N–H and O–H groups in total. The maximum absolute atomic E-state index is 6.64. The number of benzene rings is 19. The lowest BCUT2D eigenvalue weighted by molar-refractivity contribution is 0.623. The number of pyridine rings is 2. The molecule has 0 aliphatic carbocycles. The zero-order valence-electron chi connectivity index (χ0n) is 60.7. The molecule has 0 saturated carbocycles. The Balaban J connectivity index is 0.000000137. The van der Waals surface area contributed by atoms with E-state index in [1.54, 1.807) is 0 Å². The Morgan fingerprint density at radius 2 is 0.562 bits per heavy atom. The Labute approximate surface area is 644 Å². The second-order valence-electron chi connectivity index (χ2n) is 29.0. The first-order chi connectivity index (χ1) is 55.5. The smallest absolute Gasteiger partial charge is 0.227 e. The molecule has 0 aliphatic heterocycles. The largest absolute Gasteiger partial charge is 0.435 e. The highest BCUT2D eigenvalue weighted by Gasteiger charge is 2.24. The van der Waals surface area contributed by atoms with Gasteiger partial charge in [-0.15, -0.1) is 0 Å². The normalized spacial score (nSPS) is 11.8. The first-order valence-electron chi connectivity index (χ1n) is 38.2. The highest BCUT2D eigenvalue weighted by molar-refractivity contribution is 6.24. The van der Waals surface area contributed by atoms with E-state index in [0.717, 1.165) is 133 Å². The quantitative estimate of drug-likeness (QED) is 0.135. The summed E-state index contributed by atoms with van der Waals surface area (Å²) in [5, 5.41) is 21.1. The van der Waals surface area contributed by atoms with Gasteiger partial charge in [-0.1, -0.05) is 334 Å². The fourth-order valence-electron chi connectivity index (χ4n) is 17.4. The molecule has 0 unspecified atom stereocenters. The molecule has 19 aromatic carbocycles. The Hall–Kier alpha value is -15.0. The summed E-state index contributed by atoms with van der Waals surface area (Å²) in [5.41, 5.74) is 22.2. The number of rotatable bonds is 9. The summed E-state index contributed by atoms with van der Waals surface area (Å²) in [6.07, 6.45) is 0. The molecule has 520 valence electrons. The first-order valence-corrected chi connectivity index (χ1v) is 38.2. The van der Waals surface area contributed by atoms with Crippen LogP contribution < -0.4 is 0 Å². The summed E-state index contributed by atoms with van der Waals surface area (Å²) < 4.78 is 8.89. The van der Waals surface area contributed by atoms with Gasteiger partial charge < -0.3 is 4.42 Å². The van der Waals surface area contributed by atoms with Gasteiger partial charge in [0.1, 0.15) is 11.3 Å². The van der Waals surface area contributed by atoms with Crippen LogP contribution in [-0.2, 0) is 0 Å². The lowest BCUT2D eigenvalue weighted by Crippen LogP contribution is -1.97. The molecule has 0 fully saturated rings. The van der Waals surface area contributed by atoms with Crippen LogP contribution in [0, 0.1) is 0 Å². The molecule has 6 heteroatoms. The third kappa shape index (κ3) is 10.7. The fourth-order valence-corrected chi connectivity index (χ4v) is 17.4. The Bertz CT molecular complexity index is 7660. The third-order valence-corrected chi connectivity index (χ3v) is 22.7. The lowest BCUT2D eigenvalue weighted by Gasteiger charge is -2.17. The molecule has 4 heterocycles. The number of hydrogen-bond donors (Lipinski definition) is 0. The number of aromatic nitrogens is 5. The van der Waals surface area contributed by atoms with Crippen molar-refractivity contribution in [3.8, 4) is 95.6 Å². The first kappa shape index (κ1) is 64.2. The molecule has 0 bridgehead atoms. The summed E-state index contributed by atoms with van der Waals surface area (Å²) in [4.78, 5) is 21.3. The van der Waals surface area contributed by atoms with Crippen molar-refractivity contribution in [1.29, 1.82) is 0 Å². The van der Waals surface area contributed by atoms with Crippen molar-refractivity contribution in [2.75, 3.05) is 0 Å². The van der Waals surface area contributed by atoms with Gasteiger partial charge in [-0.3, -0.25) is 4.57 Å². The molecular formula is C106H65N5O. The highest BCUT2D eigenvalue weighted by Crippen LogP contribution is 2.47. The second-order valence-corrected chi connectivity index (χ2v) is 29.0. The van der Waals surface area contributed by atoms with Crippen molar-refractivity contribution in [2.45, 2.75) is 0 Å². The van der Waals surface area contributed by atoms with Crippen LogP contribution in [0.5, 0.6) is 0 Å². The van der Waals surface area contributed by atoms with Gasteiger partial charge >= 0.3 is 0 Å². The Morgan fingerprint density at radius 1 is 0.205 bits per heavy atom. The van der Waals surface area contributed by atoms with Crippen LogP contribution in [0.15, 0.2) is 399 Å². The molecule has 4 aromatic heterocycles. The predicted octanol–water partition coefficient (Wildman–Crippen LogP) is 28.5. The molecule has 0 spiro atoms. The van der Waals surface area contributed by atoms with Gasteiger partial charge in [0.25, 0.3) is 0 Å². The molecule has 0 radical (unpaired) electrons. The van der Waals surface area contributed by atoms with Gasteiger partial charge in [-0.05, 0) is 170 Å². The monoisotopic (exact) mass is 1420 g/mol. The van der Waals surface area contributed by atoms with Crippen molar-refractivity contribution >= 4 is 130 Å². The van der Waals surface area contributed by atoms with Crippen LogP contribution in [0.25, 0.3) is 226 Å². The Kier molecular flexibility index (Phi) is 15.2. The summed E-state index contributed by atoms with van der Waals surface area (Å²) in [6.45, 7) is 0. The third-order valence-electron chi connectivity index (χ3n) is 22.7. The number of hydrogen-bond acceptors (Lipinski definition) is 5. The molecule has 112 heavy (non-hydrogen) atoms. The van der Waals surface area contributed by atoms with Crippen LogP contribution in [0.2, 0.25) is 0 Å². The molecule has 0 aliphatic rings. The van der Waals surface area contributed by atoms with Crippen molar-refractivity contribution in [3.05, 3.63) is 394 Å². The van der Waals surface area contributed by atoms with E-state index >= 15 is 0 Å². The average molecular weight is 1420 g/mol. The maximum Gasteiger partial charge on any atom is 0.227 e. The summed E-state index contributed by atoms with van der Waals surface area (Å²) in [7, 11) is 0. The fraction of sp³-hybridized carbons (Fsp3) is 0. The minimum absolute atomic E-state index is 0.610. The van der Waals surface area contributed by atoms with E-state index in [0.29, 0.717) is 5.89 Å². The molecule has 0 amide bonds. The highest BCUT2D eigenvalue weighted by atomic mass is 16.3. The van der Waals surface area contributed by atoms with E-state index in [4.69, 9.17) is 24.4 Å². The number of fused-ring (bicyclic) bond motifs is 17. The molecule has 0 saturated heterocycles. The standard InChI is InChI=1S/C54H32N2O.C52H33N3/c1-3-17-37-33(13-1)15-11-25-39(37)48-31-49-47(32-50(55-51(49)44-22-8-6-21-42(44)48)43-26-12-16-34-14-2-4-18-38(34)43)35-27-29-36(30-28-35)54-56-52-45-23-9-5-19-40(45)41-20-7-10-24-46(41)53(52)57-54;1-2-18-38(19-3-1)55-50-27-11-10-26-48(50)54-52(55)37-30-28-36(29-31-37)45-33-49(43-25-13-17-35-15-5-7-21-40(35)43)53-51-44-23-9-8-22-42(44)46(32-47(45)51)41-24-12-16-34-14-4-6-20-39(34)41/h1-32H;1-33H. The maximum atomic E-state index is 6.64. The minimum atomic E-state index is 0.610. The van der Waals surface area contributed by atoms with Crippen LogP contribution in [-0.4, -0.2) is 24.5 Å². The number of oxazole rings is 1. The van der Waals surface area contributed by atoms with Crippen LogP contribution in [0.4, 0.5) is 0 Å². The van der Waals surface area contributed by atoms with Crippen molar-refractivity contribution in [1.82, 2.24) is 24.5 Å². The van der Waals surface area contributed by atoms with Crippen molar-refractivity contribution in [2.24, 2.45) is 0 Å². The molecular weight excluding hydrogens is 1360 g/mol. The van der Waals surface area contributed by atoms with Gasteiger partial charge in [0.2, 0.25) is 5.89 Å². The van der Waals surface area contributed by atoms with Crippen LogP contribution in [0.1, 0.15) is 0 Å². The lowest BCUT2D eigenvalue weighted by atomic mass is 9.89. The van der Waals surface area contributed by atoms with Crippen molar-refractivity contribution in [3.63, 3.8) is 0 Å². The van der Waals surface area contributed by atoms with E-state index in [9.17, 15) is 0 Å². The van der Waals surface area contributed by atoms with E-state index in [-0.39, 0.29) is 0 Å². The molecule has 6 nitrogen and oxygen atoms in total. The van der Waals surface area contributed by atoms with E-state index in [2.05, 4.69) is 399 Å². The minimum Gasteiger partial charge on any atom is -0.435 e. The predicted molar refractivity (Wildman–Crippen MR) is 469 cm³/mol. The number of nitrogens with zero attached hydrogens (tertiary/aromatic N) is 5. The number of imidazole rings is 1. The summed E-state index contributed by atoms with van der Waals surface area (Å²) in [6, 6.07) is 141. The Morgan fingerprint density at radius 3 is 1.05 bits per heavy atom. The zero-order valence-corrected chi connectivity index (χ0v) is 60.7. The van der Waals surface area contributed by atoms with Crippen molar-refractivity contribution < 1.29 is 4.42 Å². The van der Waals surface area contributed by atoms with Crippen LogP contribution >= 0.6 is 0 Å². The molecule has 0 atom stereocenters. The van der Waals surface area contributed by atoms with Gasteiger partial charge in [0.05, 0.1) is 33.5 Å². The topological polar surface area (TPSA) is 69.6 Å². The zero-order chi connectivity index (χ0) is 73.7. The summed E-state index contributed by atoms with van der Waals surface area (Å²) in [5.74, 6) is 1.53. The van der Waals surface area contributed by atoms with E-state index in [1.165, 1.54) is 86.9 Å². The molecule has 23 aromatic rings. The molecule has 23 rings (SSSR count). The van der Waals surface area contributed by atoms with E-state index < -0.39 is 0 Å². The van der Waals surface area contributed by atoms with Gasteiger partial charge in [0, 0.05) is 60.3 Å². The van der Waals surface area contributed by atoms with Gasteiger partial charge in [-0.25, -0.2) is 19.9 Å². The van der Waals surface area contributed by atoms with Gasteiger partial charge in [-0.2, -0.15) is 0 Å². The van der Waals surface area contributed by atoms with Gasteiger partial charge in [0.15, 0.2) is 5.58 Å². The SMILES string of the molecule is c1ccc(-n2c(-c3ccc(-c4cc(-c5cccc6ccccc56)nc5c4cc(-c4cccc6ccccc46)c4ccccc45)cc3)nc3ccccc32)cc1.c1ccc2c(-c3cc(-c4ccc(-c5nc6c7ccccc7c7ccccc7c6o5)cc4)c4cc(-c5cccc6ccccc56)c5ccccc5c4n3)cccc2c1. The average Bonchev–Trinajstić information content (AvgIpc) is 0.986. The summed E-state index contributed by atoms with van der Waals surface area (Å²) >= 11 is 0. The number of para-hydroxylation sites is 3.